The van der Waals surface area contributed by atoms with Crippen molar-refractivity contribution in [1.29, 1.82) is 0 Å². The van der Waals surface area contributed by atoms with E-state index in [0.29, 0.717) is 13.1 Å². The van der Waals surface area contributed by atoms with Gasteiger partial charge in [-0.3, -0.25) is 9.69 Å². The van der Waals surface area contributed by atoms with Gasteiger partial charge < -0.3 is 4.90 Å². The van der Waals surface area contributed by atoms with Crippen molar-refractivity contribution in [2.24, 2.45) is 5.92 Å². The van der Waals surface area contributed by atoms with E-state index in [4.69, 9.17) is 11.6 Å². The van der Waals surface area contributed by atoms with Crippen molar-refractivity contribution in [2.45, 2.75) is 25.3 Å². The lowest BCUT2D eigenvalue weighted by Crippen LogP contribution is -2.36. The quantitative estimate of drug-likeness (QED) is 0.781. The standard InChI is InChI=1S/C22H24ClFN2O/c23-20-8-3-2-7-17(20)18-14-19(18)22(27)26-11-5-10-25(12-13-26)15-16-6-1-4-9-21(16)24/h1-4,6-9,18-19H,5,10-15H2. The molecule has 0 radical (unpaired) electrons. The fourth-order valence-corrected chi connectivity index (χ4v) is 4.31. The third-order valence-electron chi connectivity index (χ3n) is 5.66. The summed E-state index contributed by atoms with van der Waals surface area (Å²) in [5.41, 5.74) is 1.81. The zero-order valence-corrected chi connectivity index (χ0v) is 16.0. The van der Waals surface area contributed by atoms with Crippen LogP contribution >= 0.6 is 11.6 Å². The third-order valence-corrected chi connectivity index (χ3v) is 6.01. The highest BCUT2D eigenvalue weighted by atomic mass is 35.5. The summed E-state index contributed by atoms with van der Waals surface area (Å²) >= 11 is 6.29. The van der Waals surface area contributed by atoms with E-state index in [2.05, 4.69) is 4.90 Å². The van der Waals surface area contributed by atoms with Gasteiger partial charge in [-0.05, 0) is 36.5 Å². The predicted octanol–water partition coefficient (Wildman–Crippen LogP) is 4.32. The van der Waals surface area contributed by atoms with Gasteiger partial charge in [0.2, 0.25) is 5.91 Å². The highest BCUT2D eigenvalue weighted by Gasteiger charge is 2.46. The van der Waals surface area contributed by atoms with Crippen LogP contribution in [0, 0.1) is 11.7 Å². The minimum atomic E-state index is -0.157. The van der Waals surface area contributed by atoms with E-state index in [-0.39, 0.29) is 23.6 Å². The summed E-state index contributed by atoms with van der Waals surface area (Å²) in [5.74, 6) is 0.398. The SMILES string of the molecule is O=C(C1CC1c1ccccc1Cl)N1CCCN(Cc2ccccc2F)CC1. The van der Waals surface area contributed by atoms with Crippen molar-refractivity contribution < 1.29 is 9.18 Å². The fraction of sp³-hybridized carbons (Fsp3) is 0.409. The van der Waals surface area contributed by atoms with Crippen LogP contribution in [0.5, 0.6) is 0 Å². The lowest BCUT2D eigenvalue weighted by molar-refractivity contribution is -0.132. The molecule has 2 aliphatic rings. The Morgan fingerprint density at radius 3 is 2.63 bits per heavy atom. The van der Waals surface area contributed by atoms with Gasteiger partial charge in [0.25, 0.3) is 0 Å². The minimum Gasteiger partial charge on any atom is -0.341 e. The van der Waals surface area contributed by atoms with Crippen molar-refractivity contribution in [1.82, 2.24) is 9.80 Å². The van der Waals surface area contributed by atoms with Crippen molar-refractivity contribution >= 4 is 17.5 Å². The van der Waals surface area contributed by atoms with E-state index in [1.165, 1.54) is 6.07 Å². The first kappa shape index (κ1) is 18.5. The summed E-state index contributed by atoms with van der Waals surface area (Å²) in [6.45, 7) is 3.75. The maximum absolute atomic E-state index is 13.9. The van der Waals surface area contributed by atoms with Crippen molar-refractivity contribution in [3.05, 3.63) is 70.5 Å². The highest BCUT2D eigenvalue weighted by molar-refractivity contribution is 6.31. The number of hydrogen-bond acceptors (Lipinski definition) is 2. The van der Waals surface area contributed by atoms with Gasteiger partial charge in [0, 0.05) is 49.2 Å². The average Bonchev–Trinajstić information content (AvgIpc) is 3.48. The third kappa shape index (κ3) is 4.17. The molecule has 1 aliphatic heterocycles. The molecule has 1 heterocycles. The molecule has 1 amide bonds. The van der Waals surface area contributed by atoms with E-state index in [1.807, 2.05) is 41.3 Å². The normalized spacial score (nSPS) is 23.1. The molecule has 3 nitrogen and oxygen atoms in total. The van der Waals surface area contributed by atoms with Crippen LogP contribution in [0.1, 0.15) is 29.9 Å². The second kappa shape index (κ2) is 7.99. The van der Waals surface area contributed by atoms with E-state index in [0.717, 1.165) is 48.6 Å². The maximum atomic E-state index is 13.9. The van der Waals surface area contributed by atoms with E-state index >= 15 is 0 Å². The zero-order chi connectivity index (χ0) is 18.8. The molecule has 142 valence electrons. The molecule has 2 fully saturated rings. The lowest BCUT2D eigenvalue weighted by atomic mass is 10.1. The van der Waals surface area contributed by atoms with E-state index in [1.54, 1.807) is 6.07 Å². The number of amides is 1. The van der Waals surface area contributed by atoms with Gasteiger partial charge in [-0.2, -0.15) is 0 Å². The second-order valence-electron chi connectivity index (χ2n) is 7.52. The largest absolute Gasteiger partial charge is 0.341 e. The van der Waals surface area contributed by atoms with Gasteiger partial charge in [-0.1, -0.05) is 48.0 Å². The first-order valence-electron chi connectivity index (χ1n) is 9.62. The molecule has 0 N–H and O–H groups in total. The Balaban J connectivity index is 1.34. The number of nitrogens with zero attached hydrogens (tertiary/aromatic N) is 2. The summed E-state index contributed by atoms with van der Waals surface area (Å²) in [6.07, 6.45) is 1.81. The number of benzene rings is 2. The molecule has 2 atom stereocenters. The van der Waals surface area contributed by atoms with E-state index < -0.39 is 0 Å². The van der Waals surface area contributed by atoms with Gasteiger partial charge in [0.15, 0.2) is 0 Å². The summed E-state index contributed by atoms with van der Waals surface area (Å²) in [7, 11) is 0. The van der Waals surface area contributed by atoms with Gasteiger partial charge in [0.05, 0.1) is 0 Å². The van der Waals surface area contributed by atoms with Crippen molar-refractivity contribution in [3.8, 4) is 0 Å². The summed E-state index contributed by atoms with van der Waals surface area (Å²) in [6, 6.07) is 14.7. The average molecular weight is 387 g/mol. The number of rotatable bonds is 4. The van der Waals surface area contributed by atoms with Crippen molar-refractivity contribution in [2.75, 3.05) is 26.2 Å². The van der Waals surface area contributed by atoms with Gasteiger partial charge in [-0.25, -0.2) is 4.39 Å². The molecule has 1 aliphatic carbocycles. The van der Waals surface area contributed by atoms with Crippen LogP contribution in [0.25, 0.3) is 0 Å². The molecule has 27 heavy (non-hydrogen) atoms. The molecule has 0 aromatic heterocycles. The molecule has 0 spiro atoms. The molecular weight excluding hydrogens is 363 g/mol. The maximum Gasteiger partial charge on any atom is 0.226 e. The molecular formula is C22H24ClFN2O. The molecule has 2 aromatic carbocycles. The molecule has 4 rings (SSSR count). The van der Waals surface area contributed by atoms with Crippen LogP contribution in [0.3, 0.4) is 0 Å². The number of halogens is 2. The summed E-state index contributed by atoms with van der Waals surface area (Å²) in [5, 5.41) is 0.754. The molecule has 2 unspecified atom stereocenters. The molecule has 1 saturated heterocycles. The Labute approximate surface area is 164 Å². The first-order chi connectivity index (χ1) is 13.1. The monoisotopic (exact) mass is 386 g/mol. The Morgan fingerprint density at radius 2 is 1.81 bits per heavy atom. The molecule has 2 aromatic rings. The van der Waals surface area contributed by atoms with Gasteiger partial charge in [-0.15, -0.1) is 0 Å². The highest BCUT2D eigenvalue weighted by Crippen LogP contribution is 2.50. The van der Waals surface area contributed by atoms with Crippen LogP contribution in [0.15, 0.2) is 48.5 Å². The van der Waals surface area contributed by atoms with E-state index in [9.17, 15) is 9.18 Å². The van der Waals surface area contributed by atoms with Crippen LogP contribution in [0.2, 0.25) is 5.02 Å². The van der Waals surface area contributed by atoms with Crippen LogP contribution < -0.4 is 0 Å². The van der Waals surface area contributed by atoms with Gasteiger partial charge in [0.1, 0.15) is 5.82 Å². The summed E-state index contributed by atoms with van der Waals surface area (Å²) in [4.78, 5) is 17.2. The zero-order valence-electron chi connectivity index (χ0n) is 15.3. The van der Waals surface area contributed by atoms with Crippen molar-refractivity contribution in [3.63, 3.8) is 0 Å². The number of hydrogen-bond donors (Lipinski definition) is 0. The topological polar surface area (TPSA) is 23.6 Å². The van der Waals surface area contributed by atoms with Gasteiger partial charge >= 0.3 is 0 Å². The first-order valence-corrected chi connectivity index (χ1v) is 10.0. The molecule has 5 heteroatoms. The summed E-state index contributed by atoms with van der Waals surface area (Å²) < 4.78 is 13.9. The smallest absolute Gasteiger partial charge is 0.226 e. The fourth-order valence-electron chi connectivity index (χ4n) is 4.04. The minimum absolute atomic E-state index is 0.0583. The lowest BCUT2D eigenvalue weighted by Gasteiger charge is -2.22. The number of carbonyl (C=O) groups is 1. The Hall–Kier alpha value is -1.91. The van der Waals surface area contributed by atoms with Crippen LogP contribution in [-0.2, 0) is 11.3 Å². The van der Waals surface area contributed by atoms with Crippen LogP contribution in [0.4, 0.5) is 4.39 Å². The number of carbonyl (C=O) groups excluding carboxylic acids is 1. The predicted molar refractivity (Wildman–Crippen MR) is 105 cm³/mol. The molecule has 0 bridgehead atoms. The Morgan fingerprint density at radius 1 is 1.04 bits per heavy atom. The molecule has 1 saturated carbocycles. The second-order valence-corrected chi connectivity index (χ2v) is 7.92. The Bertz CT molecular complexity index is 827. The van der Waals surface area contributed by atoms with Crippen LogP contribution in [-0.4, -0.2) is 41.9 Å². The Kier molecular flexibility index (Phi) is 5.46.